The molecule has 0 spiro atoms. The van der Waals surface area contributed by atoms with E-state index < -0.39 is 0 Å². The Labute approximate surface area is 199 Å². The largest absolute Gasteiger partial charge is 0.496 e. The van der Waals surface area contributed by atoms with Crippen LogP contribution in [-0.4, -0.2) is 46.9 Å². The number of benzene rings is 2. The molecule has 0 unspecified atom stereocenters. The number of carbonyl (C=O) groups excluding carboxylic acids is 1. The Balaban J connectivity index is 1.42. The monoisotopic (exact) mass is 493 g/mol. The van der Waals surface area contributed by atoms with Crippen molar-refractivity contribution >= 4 is 41.0 Å². The van der Waals surface area contributed by atoms with Crippen LogP contribution in [0.3, 0.4) is 0 Å². The third-order valence-corrected chi connectivity index (χ3v) is 6.23. The zero-order chi connectivity index (χ0) is 22.5. The van der Waals surface area contributed by atoms with Gasteiger partial charge in [-0.1, -0.05) is 53.2 Å². The molecule has 0 atom stereocenters. The van der Waals surface area contributed by atoms with Crippen LogP contribution in [0.2, 0.25) is 10.0 Å². The van der Waals surface area contributed by atoms with E-state index in [2.05, 4.69) is 15.5 Å². The van der Waals surface area contributed by atoms with Crippen molar-refractivity contribution in [2.75, 3.05) is 31.0 Å². The number of urea groups is 1. The van der Waals surface area contributed by atoms with Gasteiger partial charge < -0.3 is 14.8 Å². The second-order valence-electron chi connectivity index (χ2n) is 6.84. The average molecular weight is 494 g/mol. The number of nitrogens with one attached hydrogen (secondary N) is 1. The lowest BCUT2D eigenvalue weighted by Crippen LogP contribution is -2.51. The van der Waals surface area contributed by atoms with Crippen molar-refractivity contribution in [3.8, 4) is 11.5 Å². The molecule has 0 saturated carbocycles. The van der Waals surface area contributed by atoms with E-state index in [9.17, 15) is 4.79 Å². The van der Waals surface area contributed by atoms with Gasteiger partial charge in [0.25, 0.3) is 0 Å². The van der Waals surface area contributed by atoms with Gasteiger partial charge in [-0.3, -0.25) is 0 Å². The first kappa shape index (κ1) is 22.6. The number of fused-ring (bicyclic) bond motifs is 1. The van der Waals surface area contributed by atoms with Gasteiger partial charge in [0.05, 0.1) is 18.7 Å². The van der Waals surface area contributed by atoms with Crippen LogP contribution >= 0.6 is 35.0 Å². The molecule has 168 valence electrons. The highest BCUT2D eigenvalue weighted by atomic mass is 35.5. The molecule has 0 saturated heterocycles. The number of halogens is 2. The van der Waals surface area contributed by atoms with Gasteiger partial charge in [0.1, 0.15) is 18.1 Å². The van der Waals surface area contributed by atoms with Crippen molar-refractivity contribution in [2.45, 2.75) is 18.2 Å². The van der Waals surface area contributed by atoms with Crippen LogP contribution in [0.5, 0.6) is 11.5 Å². The highest BCUT2D eigenvalue weighted by Gasteiger charge is 2.27. The molecule has 0 aliphatic carbocycles. The van der Waals surface area contributed by atoms with E-state index in [-0.39, 0.29) is 12.6 Å². The number of nitrogens with zero attached hydrogens (tertiary/aromatic N) is 4. The van der Waals surface area contributed by atoms with Crippen LogP contribution in [0.25, 0.3) is 0 Å². The van der Waals surface area contributed by atoms with Crippen molar-refractivity contribution in [3.05, 3.63) is 63.9 Å². The number of thioether (sulfide) groups is 1. The minimum absolute atomic E-state index is 0.0971. The Hall–Kier alpha value is -2.62. The molecule has 3 aromatic rings. The molecule has 0 bridgehead atoms. The second-order valence-corrected chi connectivity index (χ2v) is 8.75. The number of carbonyl (C=O) groups is 1. The molecule has 0 radical (unpaired) electrons. The summed E-state index contributed by atoms with van der Waals surface area (Å²) < 4.78 is 12.9. The van der Waals surface area contributed by atoms with Crippen molar-refractivity contribution in [2.24, 2.45) is 0 Å². The maximum Gasteiger partial charge on any atom is 0.336 e. The highest BCUT2D eigenvalue weighted by Crippen LogP contribution is 2.29. The fourth-order valence-electron chi connectivity index (χ4n) is 3.27. The summed E-state index contributed by atoms with van der Waals surface area (Å²) in [5.41, 5.74) is 1.03. The van der Waals surface area contributed by atoms with Gasteiger partial charge in [0.15, 0.2) is 5.82 Å². The lowest BCUT2D eigenvalue weighted by molar-refractivity contribution is 0.237. The summed E-state index contributed by atoms with van der Waals surface area (Å²) in [6.45, 7) is 1.08. The fourth-order valence-corrected chi connectivity index (χ4v) is 4.61. The van der Waals surface area contributed by atoms with Gasteiger partial charge in [-0.15, -0.1) is 10.2 Å². The number of hydrogen-bond donors (Lipinski definition) is 1. The molecule has 4 rings (SSSR count). The first-order valence-corrected chi connectivity index (χ1v) is 11.6. The van der Waals surface area contributed by atoms with E-state index >= 15 is 0 Å². The molecule has 1 aliphatic heterocycles. The number of aromatic nitrogens is 3. The first-order chi connectivity index (χ1) is 15.6. The predicted octanol–water partition coefficient (Wildman–Crippen LogP) is 4.17. The standard InChI is InChI=1S/C21H21Cl2N5O3S/c1-30-17-5-3-2-4-14(17)8-9-24-20(29)27-10-11-32-21-26-25-19(28(21)27)13-31-18-7-6-15(22)12-16(18)23/h2-7,12H,8-11,13H2,1H3,(H,24,29). The number of rotatable bonds is 7. The minimum Gasteiger partial charge on any atom is -0.496 e. The van der Waals surface area contributed by atoms with Gasteiger partial charge in [0, 0.05) is 17.3 Å². The normalized spacial score (nSPS) is 12.9. The molecule has 0 fully saturated rings. The number of methoxy groups -OCH3 is 1. The first-order valence-electron chi connectivity index (χ1n) is 9.89. The van der Waals surface area contributed by atoms with Crippen LogP contribution in [0, 0.1) is 0 Å². The summed E-state index contributed by atoms with van der Waals surface area (Å²) in [6, 6.07) is 12.5. The zero-order valence-electron chi connectivity index (χ0n) is 17.3. The Bertz CT molecular complexity index is 1110. The summed E-state index contributed by atoms with van der Waals surface area (Å²) in [5.74, 6) is 2.50. The minimum atomic E-state index is -0.230. The molecule has 2 aromatic carbocycles. The summed E-state index contributed by atoms with van der Waals surface area (Å²) >= 11 is 13.7. The van der Waals surface area contributed by atoms with Gasteiger partial charge >= 0.3 is 6.03 Å². The molecule has 11 heteroatoms. The molecule has 2 heterocycles. The molecule has 2 amide bonds. The van der Waals surface area contributed by atoms with Gasteiger partial charge in [-0.2, -0.15) is 0 Å². The van der Waals surface area contributed by atoms with Crippen LogP contribution in [0.4, 0.5) is 4.79 Å². The Morgan fingerprint density at radius 3 is 2.84 bits per heavy atom. The second kappa shape index (κ2) is 10.3. The summed E-state index contributed by atoms with van der Waals surface area (Å²) in [6.07, 6.45) is 0.651. The van der Waals surface area contributed by atoms with Crippen LogP contribution in [-0.2, 0) is 13.0 Å². The third-order valence-electron chi connectivity index (χ3n) is 4.80. The number of para-hydroxylation sites is 1. The van der Waals surface area contributed by atoms with Crippen molar-refractivity contribution in [3.63, 3.8) is 0 Å². The number of ether oxygens (including phenoxy) is 2. The van der Waals surface area contributed by atoms with Gasteiger partial charge in [-0.05, 0) is 36.2 Å². The maximum absolute atomic E-state index is 12.9. The topological polar surface area (TPSA) is 81.5 Å². The third kappa shape index (κ3) is 5.06. The van der Waals surface area contributed by atoms with Crippen molar-refractivity contribution < 1.29 is 14.3 Å². The summed E-state index contributed by atoms with van der Waals surface area (Å²) in [7, 11) is 1.64. The Morgan fingerprint density at radius 2 is 2.03 bits per heavy atom. The van der Waals surface area contributed by atoms with Gasteiger partial charge in [-0.25, -0.2) is 14.5 Å². The predicted molar refractivity (Wildman–Crippen MR) is 125 cm³/mol. The summed E-state index contributed by atoms with van der Waals surface area (Å²) in [4.78, 5) is 12.9. The molecule has 32 heavy (non-hydrogen) atoms. The molecule has 8 nitrogen and oxygen atoms in total. The van der Waals surface area contributed by atoms with E-state index in [0.29, 0.717) is 46.3 Å². The fraction of sp³-hybridized carbons (Fsp3) is 0.286. The Morgan fingerprint density at radius 1 is 1.19 bits per heavy atom. The lowest BCUT2D eigenvalue weighted by Gasteiger charge is -2.29. The van der Waals surface area contributed by atoms with Crippen molar-refractivity contribution in [1.29, 1.82) is 0 Å². The van der Waals surface area contributed by atoms with E-state index in [1.165, 1.54) is 11.8 Å². The van der Waals surface area contributed by atoms with Crippen LogP contribution in [0.15, 0.2) is 47.6 Å². The Kier molecular flexibility index (Phi) is 7.29. The number of amides is 2. The smallest absolute Gasteiger partial charge is 0.336 e. The highest BCUT2D eigenvalue weighted by molar-refractivity contribution is 7.99. The average Bonchev–Trinajstić information content (AvgIpc) is 3.22. The zero-order valence-corrected chi connectivity index (χ0v) is 19.6. The van der Waals surface area contributed by atoms with E-state index in [4.69, 9.17) is 32.7 Å². The van der Waals surface area contributed by atoms with Crippen molar-refractivity contribution in [1.82, 2.24) is 20.2 Å². The molecule has 1 N–H and O–H groups in total. The van der Waals surface area contributed by atoms with E-state index in [0.717, 1.165) is 17.1 Å². The SMILES string of the molecule is COc1ccccc1CCNC(=O)N1CCSc2nnc(COc3ccc(Cl)cc3Cl)n21. The molecular weight excluding hydrogens is 473 g/mol. The van der Waals surface area contributed by atoms with E-state index in [1.54, 1.807) is 35.0 Å². The molecular formula is C21H21Cl2N5O3S. The van der Waals surface area contributed by atoms with Crippen LogP contribution < -0.4 is 19.8 Å². The molecule has 1 aromatic heterocycles. The lowest BCUT2D eigenvalue weighted by atomic mass is 10.1. The quantitative estimate of drug-likeness (QED) is 0.531. The maximum atomic E-state index is 12.9. The summed E-state index contributed by atoms with van der Waals surface area (Å²) in [5, 5.41) is 14.5. The van der Waals surface area contributed by atoms with Crippen LogP contribution in [0.1, 0.15) is 11.4 Å². The van der Waals surface area contributed by atoms with Gasteiger partial charge in [0.2, 0.25) is 5.16 Å². The molecule has 1 aliphatic rings. The van der Waals surface area contributed by atoms with E-state index in [1.807, 2.05) is 24.3 Å². The number of hydrogen-bond acceptors (Lipinski definition) is 6.